The van der Waals surface area contributed by atoms with Gasteiger partial charge < -0.3 is 4.98 Å². The normalized spacial score (nSPS) is 19.3. The number of para-hydroxylation sites is 2. The van der Waals surface area contributed by atoms with Crippen molar-refractivity contribution in [2.45, 2.75) is 18.9 Å². The van der Waals surface area contributed by atoms with Crippen LogP contribution in [0.15, 0.2) is 48.8 Å². The second kappa shape index (κ2) is 5.30. The third kappa shape index (κ3) is 2.54. The van der Waals surface area contributed by atoms with Crippen molar-refractivity contribution in [1.82, 2.24) is 19.9 Å². The molecule has 0 saturated carbocycles. The highest BCUT2D eigenvalue weighted by molar-refractivity contribution is 5.74. The topological polar surface area (TPSA) is 44.8 Å². The molecule has 1 aliphatic heterocycles. The summed E-state index contributed by atoms with van der Waals surface area (Å²) in [5.74, 6) is 1.64. The molecule has 4 nitrogen and oxygen atoms in total. The maximum atomic E-state index is 4.74. The van der Waals surface area contributed by atoms with E-state index in [0.717, 1.165) is 36.5 Å². The Hall–Kier alpha value is -2.20. The van der Waals surface area contributed by atoms with E-state index in [0.29, 0.717) is 5.92 Å². The Morgan fingerprint density at radius 1 is 1.19 bits per heavy atom. The SMILES string of the molecule is c1cncc(CN2CCC(c3nc4ccccc4[nH]3)C2)c1. The van der Waals surface area contributed by atoms with E-state index in [4.69, 9.17) is 4.98 Å². The van der Waals surface area contributed by atoms with Crippen LogP contribution in [0.5, 0.6) is 0 Å². The number of nitrogens with one attached hydrogen (secondary N) is 1. The number of benzene rings is 1. The summed E-state index contributed by atoms with van der Waals surface area (Å²) in [6, 6.07) is 12.4. The molecule has 1 aromatic carbocycles. The van der Waals surface area contributed by atoms with Gasteiger partial charge in [0, 0.05) is 31.4 Å². The van der Waals surface area contributed by atoms with Crippen LogP contribution in [0.25, 0.3) is 11.0 Å². The molecule has 4 heteroatoms. The molecule has 1 atom stereocenters. The van der Waals surface area contributed by atoms with Gasteiger partial charge in [0.2, 0.25) is 0 Å². The van der Waals surface area contributed by atoms with Crippen LogP contribution in [0.4, 0.5) is 0 Å². The Bertz CT molecular complexity index is 702. The van der Waals surface area contributed by atoms with Crippen molar-refractivity contribution in [2.75, 3.05) is 13.1 Å². The van der Waals surface area contributed by atoms with Gasteiger partial charge in [-0.1, -0.05) is 18.2 Å². The number of aromatic amines is 1. The highest BCUT2D eigenvalue weighted by Crippen LogP contribution is 2.27. The van der Waals surface area contributed by atoms with Crippen molar-refractivity contribution >= 4 is 11.0 Å². The lowest BCUT2D eigenvalue weighted by Crippen LogP contribution is -2.20. The zero-order chi connectivity index (χ0) is 14.1. The number of hydrogen-bond donors (Lipinski definition) is 1. The van der Waals surface area contributed by atoms with Crippen LogP contribution in [0.1, 0.15) is 23.7 Å². The molecule has 4 rings (SSSR count). The van der Waals surface area contributed by atoms with E-state index in [1.54, 1.807) is 0 Å². The lowest BCUT2D eigenvalue weighted by atomic mass is 10.1. The van der Waals surface area contributed by atoms with Crippen molar-refractivity contribution < 1.29 is 0 Å². The number of hydrogen-bond acceptors (Lipinski definition) is 3. The molecular weight excluding hydrogens is 260 g/mol. The van der Waals surface area contributed by atoms with E-state index in [-0.39, 0.29) is 0 Å². The van der Waals surface area contributed by atoms with Gasteiger partial charge in [0.1, 0.15) is 5.82 Å². The van der Waals surface area contributed by atoms with Crippen molar-refractivity contribution in [1.29, 1.82) is 0 Å². The summed E-state index contributed by atoms with van der Waals surface area (Å²) in [4.78, 5) is 14.9. The van der Waals surface area contributed by atoms with E-state index in [9.17, 15) is 0 Å². The fourth-order valence-electron chi connectivity index (χ4n) is 3.12. The standard InChI is InChI=1S/C17H18N4/c1-2-6-16-15(5-1)19-17(20-16)14-7-9-21(12-14)11-13-4-3-8-18-10-13/h1-6,8,10,14H,7,9,11-12H2,(H,19,20). The monoisotopic (exact) mass is 278 g/mol. The summed E-state index contributed by atoms with van der Waals surface area (Å²) in [6.07, 6.45) is 4.94. The van der Waals surface area contributed by atoms with Gasteiger partial charge in [-0.15, -0.1) is 0 Å². The Morgan fingerprint density at radius 2 is 2.14 bits per heavy atom. The van der Waals surface area contributed by atoms with Crippen LogP contribution < -0.4 is 0 Å². The molecule has 1 fully saturated rings. The average Bonchev–Trinajstić information content (AvgIpc) is 3.14. The molecule has 3 heterocycles. The Balaban J connectivity index is 1.48. The number of aromatic nitrogens is 3. The van der Waals surface area contributed by atoms with Crippen LogP contribution in [0.2, 0.25) is 0 Å². The smallest absolute Gasteiger partial charge is 0.111 e. The maximum Gasteiger partial charge on any atom is 0.111 e. The van der Waals surface area contributed by atoms with Crippen LogP contribution in [-0.2, 0) is 6.54 Å². The molecule has 106 valence electrons. The summed E-state index contributed by atoms with van der Waals surface area (Å²) in [6.45, 7) is 3.16. The fraction of sp³-hybridized carbons (Fsp3) is 0.294. The molecule has 1 N–H and O–H groups in total. The summed E-state index contributed by atoms with van der Waals surface area (Å²) in [5, 5.41) is 0. The van der Waals surface area contributed by atoms with E-state index >= 15 is 0 Å². The van der Waals surface area contributed by atoms with E-state index in [1.165, 1.54) is 12.0 Å². The number of rotatable bonds is 3. The summed E-state index contributed by atoms with van der Waals surface area (Å²) in [7, 11) is 0. The number of nitrogens with zero attached hydrogens (tertiary/aromatic N) is 3. The third-order valence-corrected chi connectivity index (χ3v) is 4.20. The zero-order valence-electron chi connectivity index (χ0n) is 11.9. The first-order valence-electron chi connectivity index (χ1n) is 7.44. The van der Waals surface area contributed by atoms with E-state index in [2.05, 4.69) is 33.1 Å². The van der Waals surface area contributed by atoms with Gasteiger partial charge >= 0.3 is 0 Å². The van der Waals surface area contributed by atoms with Crippen LogP contribution in [0, 0.1) is 0 Å². The highest BCUT2D eigenvalue weighted by atomic mass is 15.2. The molecule has 0 amide bonds. The van der Waals surface area contributed by atoms with Gasteiger partial charge in [-0.2, -0.15) is 0 Å². The number of fused-ring (bicyclic) bond motifs is 1. The van der Waals surface area contributed by atoms with Crippen LogP contribution in [0.3, 0.4) is 0 Å². The second-order valence-electron chi connectivity index (χ2n) is 5.72. The minimum Gasteiger partial charge on any atom is -0.342 e. The van der Waals surface area contributed by atoms with Gasteiger partial charge in [-0.05, 0) is 36.7 Å². The first-order valence-corrected chi connectivity index (χ1v) is 7.44. The number of likely N-dealkylation sites (tertiary alicyclic amines) is 1. The molecular formula is C17H18N4. The quantitative estimate of drug-likeness (QED) is 0.801. The van der Waals surface area contributed by atoms with Crippen molar-refractivity contribution in [3.05, 3.63) is 60.2 Å². The predicted molar refractivity (Wildman–Crippen MR) is 83.0 cm³/mol. The largest absolute Gasteiger partial charge is 0.342 e. The first kappa shape index (κ1) is 12.5. The van der Waals surface area contributed by atoms with Crippen molar-refractivity contribution in [3.63, 3.8) is 0 Å². The lowest BCUT2D eigenvalue weighted by Gasteiger charge is -2.15. The molecule has 0 spiro atoms. The molecule has 1 saturated heterocycles. The Kier molecular flexibility index (Phi) is 3.16. The molecule has 0 bridgehead atoms. The molecule has 0 aliphatic carbocycles. The lowest BCUT2D eigenvalue weighted by molar-refractivity contribution is 0.325. The fourth-order valence-corrected chi connectivity index (χ4v) is 3.12. The predicted octanol–water partition coefficient (Wildman–Crippen LogP) is 2.95. The van der Waals surface area contributed by atoms with Crippen molar-refractivity contribution in [2.24, 2.45) is 0 Å². The molecule has 1 aliphatic rings. The van der Waals surface area contributed by atoms with Gasteiger partial charge in [0.15, 0.2) is 0 Å². The molecule has 21 heavy (non-hydrogen) atoms. The van der Waals surface area contributed by atoms with Gasteiger partial charge in [0.25, 0.3) is 0 Å². The molecule has 1 unspecified atom stereocenters. The second-order valence-corrected chi connectivity index (χ2v) is 5.72. The Morgan fingerprint density at radius 3 is 3.00 bits per heavy atom. The number of imidazole rings is 1. The minimum atomic E-state index is 0.508. The zero-order valence-corrected chi connectivity index (χ0v) is 11.9. The third-order valence-electron chi connectivity index (χ3n) is 4.20. The number of H-pyrrole nitrogens is 1. The minimum absolute atomic E-state index is 0.508. The van der Waals surface area contributed by atoms with E-state index in [1.807, 2.05) is 30.6 Å². The average molecular weight is 278 g/mol. The maximum absolute atomic E-state index is 4.74. The first-order chi connectivity index (χ1) is 10.4. The van der Waals surface area contributed by atoms with Gasteiger partial charge in [-0.25, -0.2) is 4.98 Å². The van der Waals surface area contributed by atoms with Gasteiger partial charge in [-0.3, -0.25) is 9.88 Å². The van der Waals surface area contributed by atoms with E-state index < -0.39 is 0 Å². The number of pyridine rings is 1. The Labute approximate surface area is 123 Å². The highest BCUT2D eigenvalue weighted by Gasteiger charge is 2.26. The van der Waals surface area contributed by atoms with Crippen LogP contribution >= 0.6 is 0 Å². The summed E-state index contributed by atoms with van der Waals surface area (Å²) >= 11 is 0. The molecule has 3 aromatic rings. The van der Waals surface area contributed by atoms with Gasteiger partial charge in [0.05, 0.1) is 11.0 Å². The molecule has 2 aromatic heterocycles. The van der Waals surface area contributed by atoms with Crippen molar-refractivity contribution in [3.8, 4) is 0 Å². The summed E-state index contributed by atoms with van der Waals surface area (Å²) < 4.78 is 0. The summed E-state index contributed by atoms with van der Waals surface area (Å²) in [5.41, 5.74) is 3.49. The molecule has 0 radical (unpaired) electrons. The van der Waals surface area contributed by atoms with Crippen LogP contribution in [-0.4, -0.2) is 32.9 Å².